The molecule has 6 rings (SSSR count). The van der Waals surface area contributed by atoms with Crippen molar-refractivity contribution in [2.24, 2.45) is 0 Å². The average Bonchev–Trinajstić information content (AvgIpc) is 3.53. The average molecular weight is 744 g/mol. The van der Waals surface area contributed by atoms with Gasteiger partial charge in [-0.2, -0.15) is 5.26 Å². The van der Waals surface area contributed by atoms with Crippen molar-refractivity contribution in [1.29, 1.82) is 5.26 Å². The van der Waals surface area contributed by atoms with Crippen LogP contribution in [0.5, 0.6) is 11.5 Å². The van der Waals surface area contributed by atoms with Crippen LogP contribution in [0.25, 0.3) is 6.08 Å². The van der Waals surface area contributed by atoms with Gasteiger partial charge in [-0.05, 0) is 60.0 Å². The van der Waals surface area contributed by atoms with Crippen molar-refractivity contribution in [2.75, 3.05) is 37.2 Å². The van der Waals surface area contributed by atoms with Gasteiger partial charge in [-0.3, -0.25) is 19.3 Å². The van der Waals surface area contributed by atoms with Crippen molar-refractivity contribution in [1.82, 2.24) is 10.2 Å². The highest BCUT2D eigenvalue weighted by Gasteiger charge is 2.25. The largest absolute Gasteiger partial charge is 0.493 e. The van der Waals surface area contributed by atoms with Crippen molar-refractivity contribution in [3.05, 3.63) is 142 Å². The van der Waals surface area contributed by atoms with Gasteiger partial charge in [0.25, 0.3) is 11.8 Å². The summed E-state index contributed by atoms with van der Waals surface area (Å²) in [7, 11) is 3.02. The molecule has 5 aromatic rings. The molecule has 0 fully saturated rings. The lowest BCUT2D eigenvalue weighted by atomic mass is 10.0. The van der Waals surface area contributed by atoms with Crippen LogP contribution in [0.15, 0.2) is 114 Å². The quantitative estimate of drug-likeness (QED) is 0.0844. The zero-order valence-electron chi connectivity index (χ0n) is 29.2. The molecule has 10 nitrogen and oxygen atoms in total. The van der Waals surface area contributed by atoms with Gasteiger partial charge in [-0.1, -0.05) is 66.7 Å². The van der Waals surface area contributed by atoms with Crippen LogP contribution in [-0.4, -0.2) is 49.1 Å². The Kier molecular flexibility index (Phi) is 12.2. The molecule has 1 aliphatic heterocycles. The van der Waals surface area contributed by atoms with E-state index in [1.54, 1.807) is 66.7 Å². The topological polar surface area (TPSA) is 133 Å². The minimum Gasteiger partial charge on any atom is -0.493 e. The van der Waals surface area contributed by atoms with Crippen molar-refractivity contribution in [3.63, 3.8) is 0 Å². The van der Waals surface area contributed by atoms with Crippen LogP contribution in [0.1, 0.15) is 37.5 Å². The van der Waals surface area contributed by atoms with E-state index in [4.69, 9.17) is 9.47 Å². The van der Waals surface area contributed by atoms with Crippen LogP contribution in [-0.2, 0) is 29.1 Å². The summed E-state index contributed by atoms with van der Waals surface area (Å²) in [5, 5.41) is 19.1. The number of carbonyl (C=O) groups is 3. The first-order valence-electron chi connectivity index (χ1n) is 16.8. The summed E-state index contributed by atoms with van der Waals surface area (Å²) in [5.41, 5.74) is 4.16. The Morgan fingerprint density at radius 2 is 1.68 bits per heavy atom. The Hall–Kier alpha value is -5.87. The summed E-state index contributed by atoms with van der Waals surface area (Å²) < 4.78 is 11.0. The summed E-state index contributed by atoms with van der Waals surface area (Å²) in [6.07, 6.45) is 2.28. The third-order valence-corrected chi connectivity index (χ3v) is 10.6. The fourth-order valence-corrected chi connectivity index (χ4v) is 7.95. The number of benzene rings is 4. The number of hydrogen-bond acceptors (Lipinski definition) is 9. The first kappa shape index (κ1) is 36.9. The molecule has 0 unspecified atom stereocenters. The Morgan fingerprint density at radius 3 is 2.42 bits per heavy atom. The number of methoxy groups -OCH3 is 2. The molecule has 268 valence electrons. The molecular weight excluding hydrogens is 707 g/mol. The zero-order valence-corrected chi connectivity index (χ0v) is 30.8. The molecule has 0 atom stereocenters. The van der Waals surface area contributed by atoms with E-state index in [1.165, 1.54) is 49.0 Å². The first-order valence-corrected chi connectivity index (χ1v) is 18.6. The molecule has 2 heterocycles. The number of rotatable bonds is 13. The Balaban J connectivity index is 1.12. The summed E-state index contributed by atoms with van der Waals surface area (Å²) in [6, 6.07) is 33.5. The van der Waals surface area contributed by atoms with Gasteiger partial charge in [0.05, 0.1) is 25.5 Å². The number of nitrogens with zero attached hydrogens (tertiary/aromatic N) is 2. The number of ether oxygens (including phenoxy) is 2. The van der Waals surface area contributed by atoms with Crippen LogP contribution in [0.4, 0.5) is 10.7 Å². The van der Waals surface area contributed by atoms with E-state index in [2.05, 4.69) is 39.1 Å². The fourth-order valence-electron chi connectivity index (χ4n) is 5.94. The predicted octanol–water partition coefficient (Wildman–Crippen LogP) is 7.34. The number of nitrogens with one attached hydrogen (secondary N) is 3. The lowest BCUT2D eigenvalue weighted by Gasteiger charge is -2.26. The molecule has 0 aliphatic carbocycles. The second-order valence-corrected chi connectivity index (χ2v) is 14.2. The number of nitriles is 1. The van der Waals surface area contributed by atoms with Crippen molar-refractivity contribution >= 4 is 57.6 Å². The number of amides is 3. The number of thiophene rings is 1. The van der Waals surface area contributed by atoms with Gasteiger partial charge < -0.3 is 25.4 Å². The molecule has 53 heavy (non-hydrogen) atoms. The van der Waals surface area contributed by atoms with Gasteiger partial charge in [0.15, 0.2) is 11.5 Å². The van der Waals surface area contributed by atoms with Crippen LogP contribution in [0, 0.1) is 11.3 Å². The lowest BCUT2D eigenvalue weighted by molar-refractivity contribution is -0.114. The highest BCUT2D eigenvalue weighted by molar-refractivity contribution is 8.00. The van der Waals surface area contributed by atoms with Gasteiger partial charge in [0, 0.05) is 46.2 Å². The van der Waals surface area contributed by atoms with Crippen LogP contribution in [0.2, 0.25) is 0 Å². The van der Waals surface area contributed by atoms with E-state index >= 15 is 0 Å². The lowest BCUT2D eigenvalue weighted by Crippen LogP contribution is -2.30. The number of fused-ring (bicyclic) bond motifs is 1. The number of para-hydroxylation sites is 1. The molecule has 0 saturated carbocycles. The van der Waals surface area contributed by atoms with Gasteiger partial charge in [-0.15, -0.1) is 23.1 Å². The molecule has 3 amide bonds. The molecule has 1 aliphatic rings. The zero-order chi connectivity index (χ0) is 37.2. The van der Waals surface area contributed by atoms with Crippen molar-refractivity contribution in [2.45, 2.75) is 24.4 Å². The monoisotopic (exact) mass is 743 g/mol. The molecule has 0 radical (unpaired) electrons. The van der Waals surface area contributed by atoms with Gasteiger partial charge in [-0.25, -0.2) is 0 Å². The van der Waals surface area contributed by atoms with Crippen molar-refractivity contribution in [3.8, 4) is 17.6 Å². The second-order valence-electron chi connectivity index (χ2n) is 12.0. The normalized spacial score (nSPS) is 12.6. The smallest absolute Gasteiger partial charge is 0.272 e. The molecule has 0 spiro atoms. The molecular formula is C41H37N5O5S2. The van der Waals surface area contributed by atoms with Crippen LogP contribution < -0.4 is 25.4 Å². The van der Waals surface area contributed by atoms with Crippen molar-refractivity contribution < 1.29 is 23.9 Å². The van der Waals surface area contributed by atoms with Crippen LogP contribution >= 0.6 is 23.1 Å². The summed E-state index contributed by atoms with van der Waals surface area (Å²) in [4.78, 5) is 44.2. The highest BCUT2D eigenvalue weighted by Crippen LogP contribution is 2.37. The number of thioether (sulfide) groups is 1. The van der Waals surface area contributed by atoms with E-state index in [1.807, 2.05) is 24.3 Å². The molecule has 4 aromatic carbocycles. The summed E-state index contributed by atoms with van der Waals surface area (Å²) >= 11 is 2.77. The number of carbonyl (C=O) groups excluding carboxylic acids is 3. The SMILES string of the molecule is COc1cccc(/C=C(/NC(=O)c2ccccc2)C(=O)Nc2cccc(SCC(=O)Nc3sc4c(c3C#N)CCN(Cc3ccccc3)C4)c2)c1OC. The van der Waals surface area contributed by atoms with Crippen LogP contribution in [0.3, 0.4) is 0 Å². The maximum absolute atomic E-state index is 13.7. The third-order valence-electron chi connectivity index (χ3n) is 8.47. The van der Waals surface area contributed by atoms with E-state index in [0.29, 0.717) is 38.9 Å². The number of hydrogen-bond donors (Lipinski definition) is 3. The van der Waals surface area contributed by atoms with Gasteiger partial charge in [0.1, 0.15) is 16.8 Å². The first-order chi connectivity index (χ1) is 25.8. The molecule has 3 N–H and O–H groups in total. The predicted molar refractivity (Wildman–Crippen MR) is 209 cm³/mol. The highest BCUT2D eigenvalue weighted by atomic mass is 32.2. The van der Waals surface area contributed by atoms with E-state index in [-0.39, 0.29) is 17.4 Å². The molecule has 1 aromatic heterocycles. The molecule has 0 bridgehead atoms. The summed E-state index contributed by atoms with van der Waals surface area (Å²) in [6.45, 7) is 2.40. The third kappa shape index (κ3) is 9.33. The fraction of sp³-hybridized carbons (Fsp3) is 0.171. The van der Waals surface area contributed by atoms with Gasteiger partial charge in [0.2, 0.25) is 5.91 Å². The summed E-state index contributed by atoms with van der Waals surface area (Å²) in [5.74, 6) is -0.287. The minimum absolute atomic E-state index is 0.0158. The van der Waals surface area contributed by atoms with E-state index in [9.17, 15) is 19.6 Å². The number of anilines is 2. The molecule has 0 saturated heterocycles. The van der Waals surface area contributed by atoms with E-state index < -0.39 is 11.8 Å². The second kappa shape index (κ2) is 17.6. The van der Waals surface area contributed by atoms with Gasteiger partial charge >= 0.3 is 0 Å². The Bertz CT molecular complexity index is 2180. The maximum Gasteiger partial charge on any atom is 0.272 e. The Morgan fingerprint density at radius 1 is 0.925 bits per heavy atom. The van der Waals surface area contributed by atoms with E-state index in [0.717, 1.165) is 41.4 Å². The Labute approximate surface area is 316 Å². The maximum atomic E-state index is 13.7. The minimum atomic E-state index is -0.563. The molecule has 12 heteroatoms. The standard InChI is InChI=1S/C41H37N5O5S2/c1-50-35-18-9-15-29(38(35)51-2)21-34(44-39(48)28-13-7-4-8-14-28)40(49)43-30-16-10-17-31(22-30)52-26-37(47)45-41-33(23-42)32-19-20-46(25-36(32)53-41)24-27-11-5-3-6-12-27/h3-18,21-22H,19-20,24-26H2,1-2H3,(H,43,49)(H,44,48)(H,45,47)/b34-21+.